The Hall–Kier alpha value is -4.78. The molecule has 2 aromatic carbocycles. The zero-order valence-electron chi connectivity index (χ0n) is 22.5. The van der Waals surface area contributed by atoms with Gasteiger partial charge in [0.25, 0.3) is 5.91 Å². The smallest absolute Gasteiger partial charge is 0.313 e. The first kappa shape index (κ1) is 26.8. The second-order valence-electron chi connectivity index (χ2n) is 10.8. The maximum Gasteiger partial charge on any atom is 0.313 e. The predicted octanol–water partition coefficient (Wildman–Crippen LogP) is 3.41. The molecule has 1 spiro atoms. The lowest BCUT2D eigenvalue weighted by atomic mass is 9.80. The number of fused-ring (bicyclic) bond motifs is 3. The first-order chi connectivity index (χ1) is 19.1. The Balaban J connectivity index is 1.37. The Bertz CT molecular complexity index is 1560. The zero-order valence-corrected chi connectivity index (χ0v) is 22.5. The number of amides is 4. The van der Waals surface area contributed by atoms with Crippen LogP contribution in [-0.2, 0) is 24.6 Å². The molecule has 0 unspecified atom stereocenters. The first-order valence-electron chi connectivity index (χ1n) is 13.2. The second kappa shape index (κ2) is 10.4. The Morgan fingerprint density at radius 3 is 2.67 bits per heavy atom. The number of likely N-dealkylation sites (tertiary alicyclic amines) is 1. The van der Waals surface area contributed by atoms with Crippen LogP contribution in [0.2, 0.25) is 0 Å². The number of carbonyl (C=O) groups excluding carboxylic acids is 4. The van der Waals surface area contributed by atoms with Crippen LogP contribution in [0.3, 0.4) is 0 Å². The van der Waals surface area contributed by atoms with Crippen LogP contribution in [0.25, 0.3) is 15.7 Å². The maximum absolute atomic E-state index is 14.0. The number of carbonyl (C=O) groups is 4. The van der Waals surface area contributed by atoms with Crippen molar-refractivity contribution in [3.63, 3.8) is 0 Å². The number of aromatic nitrogens is 1. The van der Waals surface area contributed by atoms with Crippen LogP contribution in [0.5, 0.6) is 0 Å². The van der Waals surface area contributed by atoms with E-state index in [1.165, 1.54) is 18.1 Å². The van der Waals surface area contributed by atoms with E-state index in [0.29, 0.717) is 11.4 Å². The third-order valence-corrected chi connectivity index (χ3v) is 7.70. The minimum absolute atomic E-state index is 0.00964. The van der Waals surface area contributed by atoms with Gasteiger partial charge < -0.3 is 15.5 Å². The molecule has 10 nitrogen and oxygen atoms in total. The molecule has 4 amide bonds. The molecular weight excluding hydrogens is 508 g/mol. The highest BCUT2D eigenvalue weighted by molar-refractivity contribution is 6.39. The number of rotatable bonds is 5. The van der Waals surface area contributed by atoms with Gasteiger partial charge in [0.05, 0.1) is 23.8 Å². The van der Waals surface area contributed by atoms with E-state index in [2.05, 4.69) is 20.5 Å². The third kappa shape index (κ3) is 4.64. The molecule has 2 N–H and O–H groups in total. The fourth-order valence-electron chi connectivity index (χ4n) is 5.64. The molecule has 1 saturated heterocycles. The Labute approximate surface area is 232 Å². The molecule has 0 saturated carbocycles. The Kier molecular flexibility index (Phi) is 6.98. The highest BCUT2D eigenvalue weighted by atomic mass is 16.2. The molecule has 10 heteroatoms. The van der Waals surface area contributed by atoms with Gasteiger partial charge in [-0.05, 0) is 36.1 Å². The average molecular weight is 539 g/mol. The van der Waals surface area contributed by atoms with Gasteiger partial charge in [-0.2, -0.15) is 0 Å². The number of anilines is 2. The van der Waals surface area contributed by atoms with E-state index >= 15 is 0 Å². The first-order valence-corrected chi connectivity index (χ1v) is 13.2. The molecule has 2 aliphatic heterocycles. The van der Waals surface area contributed by atoms with E-state index in [1.54, 1.807) is 12.1 Å². The summed E-state index contributed by atoms with van der Waals surface area (Å²) in [4.78, 5) is 63.9. The van der Waals surface area contributed by atoms with E-state index in [-0.39, 0.29) is 31.2 Å². The number of hydrogen-bond acceptors (Lipinski definition) is 5. The summed E-state index contributed by atoms with van der Waals surface area (Å²) >= 11 is 0. The van der Waals surface area contributed by atoms with Crippen LogP contribution in [0.1, 0.15) is 32.3 Å². The second-order valence-corrected chi connectivity index (χ2v) is 10.8. The fraction of sp³-hybridized carbons (Fsp3) is 0.333. The topological polar surface area (TPSA) is 116 Å². The largest absolute Gasteiger partial charge is 0.325 e. The van der Waals surface area contributed by atoms with E-state index in [4.69, 9.17) is 6.57 Å². The summed E-state index contributed by atoms with van der Waals surface area (Å²) in [5.74, 6) is -2.48. The fourth-order valence-corrected chi connectivity index (χ4v) is 5.64. The van der Waals surface area contributed by atoms with Crippen LogP contribution >= 0.6 is 0 Å². The van der Waals surface area contributed by atoms with Gasteiger partial charge in [-0.25, -0.2) is 6.57 Å². The number of nitrogens with one attached hydrogen (secondary N) is 2. The van der Waals surface area contributed by atoms with Crippen molar-refractivity contribution in [2.75, 3.05) is 24.2 Å². The molecule has 2 aliphatic rings. The van der Waals surface area contributed by atoms with Gasteiger partial charge in [0.1, 0.15) is 11.5 Å². The molecular formula is C30H30N6O4. The molecule has 3 aromatic rings. The molecule has 0 aliphatic carbocycles. The lowest BCUT2D eigenvalue weighted by molar-refractivity contribution is -0.149. The molecule has 40 heavy (non-hydrogen) atoms. The third-order valence-electron chi connectivity index (χ3n) is 7.70. The van der Waals surface area contributed by atoms with Crippen LogP contribution in [-0.4, -0.2) is 64.2 Å². The van der Waals surface area contributed by atoms with Gasteiger partial charge in [0, 0.05) is 24.7 Å². The van der Waals surface area contributed by atoms with E-state index in [1.807, 2.05) is 56.3 Å². The predicted molar refractivity (Wildman–Crippen MR) is 150 cm³/mol. The molecule has 0 radical (unpaired) electrons. The van der Waals surface area contributed by atoms with E-state index in [0.717, 1.165) is 21.4 Å². The zero-order chi connectivity index (χ0) is 28.6. The minimum Gasteiger partial charge on any atom is -0.325 e. The van der Waals surface area contributed by atoms with Crippen molar-refractivity contribution < 1.29 is 19.2 Å². The van der Waals surface area contributed by atoms with Crippen molar-refractivity contribution in [2.45, 2.75) is 44.3 Å². The van der Waals surface area contributed by atoms with Crippen LogP contribution in [0.4, 0.5) is 11.4 Å². The van der Waals surface area contributed by atoms with Crippen LogP contribution in [0, 0.1) is 12.5 Å². The van der Waals surface area contributed by atoms with Gasteiger partial charge in [-0.3, -0.25) is 33.9 Å². The maximum atomic E-state index is 14.0. The van der Waals surface area contributed by atoms with Crippen molar-refractivity contribution in [1.82, 2.24) is 14.8 Å². The SMILES string of the molecule is [C-]#[N+][C@@H]1C[C@@]2(CN1C(=O)[C@H](CC(C)C)N(C)C(=O)C(=O)Nc1cnc3ccccc3c1)C(=O)Nc1ccccc12. The number of benzene rings is 2. The van der Waals surface area contributed by atoms with E-state index < -0.39 is 35.3 Å². The summed E-state index contributed by atoms with van der Waals surface area (Å²) in [6, 6.07) is 15.4. The van der Waals surface area contributed by atoms with E-state index in [9.17, 15) is 19.2 Å². The Morgan fingerprint density at radius 2 is 1.93 bits per heavy atom. The molecule has 0 bridgehead atoms. The van der Waals surface area contributed by atoms with Gasteiger partial charge in [0.2, 0.25) is 5.91 Å². The lowest BCUT2D eigenvalue weighted by Gasteiger charge is -2.31. The summed E-state index contributed by atoms with van der Waals surface area (Å²) < 4.78 is 0. The number of hydrogen-bond donors (Lipinski definition) is 2. The standard InChI is InChI=1S/C30H30N6O4/c1-18(2)13-24(35(4)28(39)26(37)33-20-14-19-9-5-7-11-22(19)32-16-20)27(38)36-17-30(15-25(36)31-3)21-10-6-8-12-23(21)34-29(30)40/h5-12,14,16,18,24-25H,13,15,17H2,1-2,4H3,(H,33,37)(H,34,40)/t24-,25-,30-/m0/s1. The quantitative estimate of drug-likeness (QED) is 0.382. The van der Waals surface area contributed by atoms with Gasteiger partial charge in [-0.1, -0.05) is 50.2 Å². The molecule has 5 rings (SSSR count). The Morgan fingerprint density at radius 1 is 1.20 bits per heavy atom. The number of likely N-dealkylation sites (N-methyl/N-ethyl adjacent to an activating group) is 1. The summed E-state index contributed by atoms with van der Waals surface area (Å²) in [7, 11) is 1.42. The monoisotopic (exact) mass is 538 g/mol. The van der Waals surface area contributed by atoms with Crippen molar-refractivity contribution in [3.8, 4) is 0 Å². The van der Waals surface area contributed by atoms with Gasteiger partial charge in [-0.15, -0.1) is 0 Å². The number of para-hydroxylation sites is 2. The minimum atomic E-state index is -1.03. The summed E-state index contributed by atoms with van der Waals surface area (Å²) in [6.07, 6.45) is 1.04. The molecule has 1 aromatic heterocycles. The molecule has 3 atom stereocenters. The molecule has 1 fully saturated rings. The highest BCUT2D eigenvalue weighted by Gasteiger charge is 2.59. The summed E-state index contributed by atoms with van der Waals surface area (Å²) in [5, 5.41) is 6.28. The van der Waals surface area contributed by atoms with Crippen molar-refractivity contribution in [1.29, 1.82) is 0 Å². The molecule has 3 heterocycles. The van der Waals surface area contributed by atoms with Gasteiger partial charge >= 0.3 is 18.0 Å². The summed E-state index contributed by atoms with van der Waals surface area (Å²) in [6.45, 7) is 11.6. The highest BCUT2D eigenvalue weighted by Crippen LogP contribution is 2.47. The van der Waals surface area contributed by atoms with Crippen molar-refractivity contribution >= 4 is 45.9 Å². The number of nitrogens with zero attached hydrogens (tertiary/aromatic N) is 4. The van der Waals surface area contributed by atoms with Crippen LogP contribution in [0.15, 0.2) is 60.8 Å². The van der Waals surface area contributed by atoms with Gasteiger partial charge in [0.15, 0.2) is 0 Å². The summed E-state index contributed by atoms with van der Waals surface area (Å²) in [5.41, 5.74) is 1.52. The normalized spacial score (nSPS) is 20.2. The number of pyridine rings is 1. The molecule has 204 valence electrons. The van der Waals surface area contributed by atoms with Crippen LogP contribution < -0.4 is 10.6 Å². The lowest BCUT2D eigenvalue weighted by Crippen LogP contribution is -2.53. The van der Waals surface area contributed by atoms with Crippen molar-refractivity contribution in [3.05, 3.63) is 77.8 Å². The average Bonchev–Trinajstić information content (AvgIpc) is 3.48. The van der Waals surface area contributed by atoms with Crippen molar-refractivity contribution in [2.24, 2.45) is 5.92 Å².